The number of ketones is 1. The summed E-state index contributed by atoms with van der Waals surface area (Å²) in [7, 11) is 0. The Balaban J connectivity index is 1.97. The highest BCUT2D eigenvalue weighted by molar-refractivity contribution is 9.10. The Kier molecular flexibility index (Phi) is 4.15. The molecule has 1 aliphatic rings. The van der Waals surface area contributed by atoms with E-state index in [4.69, 9.17) is 0 Å². The monoisotopic (exact) mass is 418 g/mol. The van der Waals surface area contributed by atoms with Gasteiger partial charge in [-0.05, 0) is 59.0 Å². The Morgan fingerprint density at radius 2 is 1.63 bits per heavy atom. The standard InChI is InChI=1S/C24H19BrO2/c1-14-6-4-5-7-17(14)23(27)19-12-20-18-9-8-16(25)11-22(18)24(2,3)21(20)10-15(19)13-26/h4-13H,1-3H3. The molecule has 3 aromatic rings. The average Bonchev–Trinajstić information content (AvgIpc) is 2.87. The van der Waals surface area contributed by atoms with Crippen LogP contribution in [0.4, 0.5) is 0 Å². The van der Waals surface area contributed by atoms with Crippen LogP contribution in [-0.2, 0) is 5.41 Å². The number of rotatable bonds is 3. The molecular formula is C24H19BrO2. The van der Waals surface area contributed by atoms with Crippen LogP contribution in [0.2, 0.25) is 0 Å². The molecule has 0 bridgehead atoms. The summed E-state index contributed by atoms with van der Waals surface area (Å²) in [5.74, 6) is -0.110. The summed E-state index contributed by atoms with van der Waals surface area (Å²) in [6, 6.07) is 17.5. The molecule has 0 aromatic heterocycles. The number of carbonyl (C=O) groups excluding carboxylic acids is 2. The number of aryl methyl sites for hydroxylation is 1. The zero-order valence-electron chi connectivity index (χ0n) is 15.5. The second-order valence-electron chi connectivity index (χ2n) is 7.56. The second kappa shape index (κ2) is 6.28. The summed E-state index contributed by atoms with van der Waals surface area (Å²) in [6.07, 6.45) is 0.792. The van der Waals surface area contributed by atoms with E-state index < -0.39 is 0 Å². The molecular weight excluding hydrogens is 400 g/mol. The van der Waals surface area contributed by atoms with Gasteiger partial charge in [0.05, 0.1) is 0 Å². The summed E-state index contributed by atoms with van der Waals surface area (Å²) >= 11 is 3.56. The fourth-order valence-electron chi connectivity index (χ4n) is 4.04. The van der Waals surface area contributed by atoms with Crippen LogP contribution in [-0.4, -0.2) is 12.1 Å². The normalized spacial score (nSPS) is 13.8. The first-order valence-electron chi connectivity index (χ1n) is 8.89. The summed E-state index contributed by atoms with van der Waals surface area (Å²) in [5, 5.41) is 0. The molecule has 0 unspecified atom stereocenters. The number of carbonyl (C=O) groups is 2. The topological polar surface area (TPSA) is 34.1 Å². The Hall–Kier alpha value is -2.52. The first-order valence-corrected chi connectivity index (χ1v) is 9.68. The minimum absolute atomic E-state index is 0.110. The molecule has 0 aliphatic heterocycles. The molecule has 0 radical (unpaired) electrons. The van der Waals surface area contributed by atoms with E-state index in [0.29, 0.717) is 16.7 Å². The fraction of sp³-hybridized carbons (Fsp3) is 0.167. The van der Waals surface area contributed by atoms with Crippen LogP contribution >= 0.6 is 15.9 Å². The molecule has 3 heteroatoms. The third-order valence-electron chi connectivity index (χ3n) is 5.57. The quantitative estimate of drug-likeness (QED) is 0.379. The van der Waals surface area contributed by atoms with Gasteiger partial charge in [-0.1, -0.05) is 60.1 Å². The number of fused-ring (bicyclic) bond motifs is 3. The van der Waals surface area contributed by atoms with Crippen LogP contribution in [0.25, 0.3) is 11.1 Å². The van der Waals surface area contributed by atoms with Gasteiger partial charge in [0, 0.05) is 26.6 Å². The van der Waals surface area contributed by atoms with E-state index in [1.54, 1.807) is 0 Å². The van der Waals surface area contributed by atoms with Crippen molar-refractivity contribution in [3.8, 4) is 11.1 Å². The third kappa shape index (κ3) is 2.69. The summed E-state index contributed by atoms with van der Waals surface area (Å²) in [6.45, 7) is 6.22. The summed E-state index contributed by atoms with van der Waals surface area (Å²) in [4.78, 5) is 25.0. The van der Waals surface area contributed by atoms with Crippen molar-refractivity contribution in [3.63, 3.8) is 0 Å². The predicted molar refractivity (Wildman–Crippen MR) is 112 cm³/mol. The van der Waals surface area contributed by atoms with E-state index >= 15 is 0 Å². The molecule has 0 saturated heterocycles. The van der Waals surface area contributed by atoms with Gasteiger partial charge in [-0.25, -0.2) is 0 Å². The van der Waals surface area contributed by atoms with Crippen molar-refractivity contribution in [2.24, 2.45) is 0 Å². The van der Waals surface area contributed by atoms with Gasteiger partial charge < -0.3 is 0 Å². The fourth-order valence-corrected chi connectivity index (χ4v) is 4.40. The summed E-state index contributed by atoms with van der Waals surface area (Å²) < 4.78 is 1.02. The lowest BCUT2D eigenvalue weighted by atomic mass is 9.81. The third-order valence-corrected chi connectivity index (χ3v) is 6.06. The van der Waals surface area contributed by atoms with Crippen LogP contribution in [0.3, 0.4) is 0 Å². The predicted octanol–water partition coefficient (Wildman–Crippen LogP) is 6.11. The molecule has 4 rings (SSSR count). The van der Waals surface area contributed by atoms with Crippen molar-refractivity contribution in [2.45, 2.75) is 26.2 Å². The molecule has 1 aliphatic carbocycles. The molecule has 27 heavy (non-hydrogen) atoms. The van der Waals surface area contributed by atoms with Crippen LogP contribution in [0.5, 0.6) is 0 Å². The minimum Gasteiger partial charge on any atom is -0.298 e. The minimum atomic E-state index is -0.226. The van der Waals surface area contributed by atoms with Crippen molar-refractivity contribution in [3.05, 3.63) is 92.5 Å². The molecule has 3 aromatic carbocycles. The number of hydrogen-bond acceptors (Lipinski definition) is 2. The lowest BCUT2D eigenvalue weighted by Crippen LogP contribution is -2.16. The molecule has 0 spiro atoms. The van der Waals surface area contributed by atoms with Crippen molar-refractivity contribution in [1.82, 2.24) is 0 Å². The number of aldehydes is 1. The highest BCUT2D eigenvalue weighted by atomic mass is 79.9. The highest BCUT2D eigenvalue weighted by Crippen LogP contribution is 2.50. The van der Waals surface area contributed by atoms with Gasteiger partial charge in [0.25, 0.3) is 0 Å². The maximum atomic E-state index is 13.2. The van der Waals surface area contributed by atoms with Crippen molar-refractivity contribution >= 4 is 28.0 Å². The average molecular weight is 419 g/mol. The van der Waals surface area contributed by atoms with Crippen LogP contribution in [0.1, 0.15) is 56.8 Å². The molecule has 0 amide bonds. The van der Waals surface area contributed by atoms with E-state index in [-0.39, 0.29) is 11.2 Å². The zero-order chi connectivity index (χ0) is 19.3. The van der Waals surface area contributed by atoms with Gasteiger partial charge >= 0.3 is 0 Å². The number of benzene rings is 3. The van der Waals surface area contributed by atoms with Crippen LogP contribution < -0.4 is 0 Å². The molecule has 134 valence electrons. The van der Waals surface area contributed by atoms with E-state index in [1.807, 2.05) is 49.4 Å². The molecule has 0 atom stereocenters. The van der Waals surface area contributed by atoms with Crippen LogP contribution in [0, 0.1) is 6.92 Å². The zero-order valence-corrected chi connectivity index (χ0v) is 17.1. The molecule has 0 N–H and O–H groups in total. The Labute approximate surface area is 167 Å². The lowest BCUT2D eigenvalue weighted by molar-refractivity contribution is 0.102. The van der Waals surface area contributed by atoms with Crippen molar-refractivity contribution in [1.29, 1.82) is 0 Å². The number of hydrogen-bond donors (Lipinski definition) is 0. The van der Waals surface area contributed by atoms with Gasteiger partial charge in [-0.2, -0.15) is 0 Å². The van der Waals surface area contributed by atoms with Gasteiger partial charge in [-0.15, -0.1) is 0 Å². The highest BCUT2D eigenvalue weighted by Gasteiger charge is 2.37. The van der Waals surface area contributed by atoms with Gasteiger partial charge in [-0.3, -0.25) is 9.59 Å². The first-order chi connectivity index (χ1) is 12.8. The lowest BCUT2D eigenvalue weighted by Gasteiger charge is -2.22. The first kappa shape index (κ1) is 17.9. The molecule has 0 heterocycles. The molecule has 2 nitrogen and oxygen atoms in total. The van der Waals surface area contributed by atoms with E-state index in [2.05, 4.69) is 41.9 Å². The Morgan fingerprint density at radius 3 is 2.33 bits per heavy atom. The van der Waals surface area contributed by atoms with Gasteiger partial charge in [0.2, 0.25) is 0 Å². The van der Waals surface area contributed by atoms with Crippen molar-refractivity contribution < 1.29 is 9.59 Å². The molecule has 0 fully saturated rings. The SMILES string of the molecule is Cc1ccccc1C(=O)c1cc2c(cc1C=O)C(C)(C)c1cc(Br)ccc1-2. The molecule has 0 saturated carbocycles. The van der Waals surface area contributed by atoms with Crippen LogP contribution in [0.15, 0.2) is 59.1 Å². The maximum absolute atomic E-state index is 13.2. The largest absolute Gasteiger partial charge is 0.298 e. The Morgan fingerprint density at radius 1 is 0.926 bits per heavy atom. The second-order valence-corrected chi connectivity index (χ2v) is 8.48. The van der Waals surface area contributed by atoms with Crippen molar-refractivity contribution in [2.75, 3.05) is 0 Å². The maximum Gasteiger partial charge on any atom is 0.194 e. The number of halogens is 1. The summed E-state index contributed by atoms with van der Waals surface area (Å²) in [5.41, 5.74) is 6.66. The van der Waals surface area contributed by atoms with Gasteiger partial charge in [0.1, 0.15) is 0 Å². The van der Waals surface area contributed by atoms with E-state index in [9.17, 15) is 9.59 Å². The van der Waals surface area contributed by atoms with E-state index in [0.717, 1.165) is 33.0 Å². The van der Waals surface area contributed by atoms with Gasteiger partial charge in [0.15, 0.2) is 12.1 Å². The van der Waals surface area contributed by atoms with E-state index in [1.165, 1.54) is 5.56 Å². The Bertz CT molecular complexity index is 1110. The smallest absolute Gasteiger partial charge is 0.194 e.